The molecule has 0 unspecified atom stereocenters. The lowest BCUT2D eigenvalue weighted by Gasteiger charge is -2.13. The van der Waals surface area contributed by atoms with Gasteiger partial charge in [-0.25, -0.2) is 0 Å². The number of alkyl halides is 1. The van der Waals surface area contributed by atoms with E-state index in [-0.39, 0.29) is 12.1 Å². The van der Waals surface area contributed by atoms with Crippen molar-refractivity contribution in [2.75, 3.05) is 5.33 Å². The van der Waals surface area contributed by atoms with Crippen LogP contribution in [0.15, 0.2) is 0 Å². The van der Waals surface area contributed by atoms with Gasteiger partial charge in [-0.2, -0.15) is 5.26 Å². The van der Waals surface area contributed by atoms with E-state index < -0.39 is 0 Å². The van der Waals surface area contributed by atoms with Gasteiger partial charge in [-0.05, 0) is 19.3 Å². The molecule has 0 rings (SSSR count). The Morgan fingerprint density at radius 2 is 1.72 bits per heavy atom. The van der Waals surface area contributed by atoms with Gasteiger partial charge in [0.05, 0.1) is 6.07 Å². The highest BCUT2D eigenvalue weighted by Gasteiger charge is 2.09. The molecule has 0 heterocycles. The Labute approximate surface area is 119 Å². The molecule has 0 spiro atoms. The molecule has 0 aliphatic heterocycles. The molecular formula is C14H24BrNO2. The summed E-state index contributed by atoms with van der Waals surface area (Å²) in [5, 5.41) is 9.11. The second-order valence-electron chi connectivity index (χ2n) is 4.56. The van der Waals surface area contributed by atoms with E-state index in [0.717, 1.165) is 24.6 Å². The molecule has 104 valence electrons. The quantitative estimate of drug-likeness (QED) is 0.323. The average molecular weight is 318 g/mol. The van der Waals surface area contributed by atoms with Crippen molar-refractivity contribution >= 4 is 21.9 Å². The molecule has 0 aromatic rings. The SMILES string of the molecule is CC(=O)O[C@@H](CBr)CCCCCCCCCC#N. The van der Waals surface area contributed by atoms with Gasteiger partial charge in [0.1, 0.15) is 6.10 Å². The number of nitriles is 1. The fraction of sp³-hybridized carbons (Fsp3) is 0.857. The summed E-state index contributed by atoms with van der Waals surface area (Å²) in [5.41, 5.74) is 0. The third-order valence-corrected chi connectivity index (χ3v) is 3.54. The maximum Gasteiger partial charge on any atom is 0.302 e. The second-order valence-corrected chi connectivity index (χ2v) is 5.20. The van der Waals surface area contributed by atoms with E-state index in [0.29, 0.717) is 6.42 Å². The maximum atomic E-state index is 10.8. The van der Waals surface area contributed by atoms with Crippen LogP contribution in [0.1, 0.15) is 64.7 Å². The van der Waals surface area contributed by atoms with Crippen molar-refractivity contribution in [3.05, 3.63) is 0 Å². The van der Waals surface area contributed by atoms with Crippen LogP contribution in [0.2, 0.25) is 0 Å². The van der Waals surface area contributed by atoms with Crippen molar-refractivity contribution in [2.45, 2.75) is 70.8 Å². The zero-order valence-corrected chi connectivity index (χ0v) is 12.9. The van der Waals surface area contributed by atoms with Crippen LogP contribution < -0.4 is 0 Å². The van der Waals surface area contributed by atoms with Crippen molar-refractivity contribution in [3.63, 3.8) is 0 Å². The Morgan fingerprint density at radius 1 is 1.17 bits per heavy atom. The Kier molecular flexibility index (Phi) is 12.5. The van der Waals surface area contributed by atoms with Crippen LogP contribution in [0.5, 0.6) is 0 Å². The number of carbonyl (C=O) groups is 1. The van der Waals surface area contributed by atoms with Gasteiger partial charge in [0.15, 0.2) is 0 Å². The van der Waals surface area contributed by atoms with Gasteiger partial charge < -0.3 is 4.74 Å². The summed E-state index contributed by atoms with van der Waals surface area (Å²) in [4.78, 5) is 10.8. The van der Waals surface area contributed by atoms with Crippen molar-refractivity contribution in [2.24, 2.45) is 0 Å². The molecule has 0 bridgehead atoms. The number of hydrogen-bond donors (Lipinski definition) is 0. The molecule has 18 heavy (non-hydrogen) atoms. The molecule has 0 aromatic carbocycles. The number of ether oxygens (including phenoxy) is 1. The molecule has 3 nitrogen and oxygen atoms in total. The number of hydrogen-bond acceptors (Lipinski definition) is 3. The first-order chi connectivity index (χ1) is 8.70. The van der Waals surface area contributed by atoms with Crippen LogP contribution in [-0.4, -0.2) is 17.4 Å². The topological polar surface area (TPSA) is 50.1 Å². The van der Waals surface area contributed by atoms with E-state index in [1.165, 1.54) is 39.0 Å². The van der Waals surface area contributed by atoms with Crippen LogP contribution in [0.3, 0.4) is 0 Å². The van der Waals surface area contributed by atoms with Crippen LogP contribution in [0.25, 0.3) is 0 Å². The van der Waals surface area contributed by atoms with Crippen LogP contribution in [0, 0.1) is 11.3 Å². The Morgan fingerprint density at radius 3 is 2.22 bits per heavy atom. The smallest absolute Gasteiger partial charge is 0.302 e. The first-order valence-corrected chi connectivity index (χ1v) is 7.93. The van der Waals surface area contributed by atoms with E-state index in [2.05, 4.69) is 22.0 Å². The third kappa shape index (κ3) is 11.9. The zero-order chi connectivity index (χ0) is 13.6. The second kappa shape index (κ2) is 12.9. The molecule has 4 heteroatoms. The first kappa shape index (κ1) is 17.4. The van der Waals surface area contributed by atoms with Gasteiger partial charge in [0.2, 0.25) is 0 Å². The molecular weight excluding hydrogens is 294 g/mol. The summed E-state index contributed by atoms with van der Waals surface area (Å²) in [6.45, 7) is 1.46. The maximum absolute atomic E-state index is 10.8. The molecule has 0 amide bonds. The monoisotopic (exact) mass is 317 g/mol. The molecule has 0 saturated heterocycles. The van der Waals surface area contributed by atoms with Gasteiger partial charge in [-0.1, -0.05) is 48.0 Å². The Hall–Kier alpha value is -0.560. The van der Waals surface area contributed by atoms with Crippen LogP contribution in [0.4, 0.5) is 0 Å². The Bertz CT molecular complexity index is 251. The molecule has 0 aliphatic rings. The highest BCUT2D eigenvalue weighted by atomic mass is 79.9. The van der Waals surface area contributed by atoms with Crippen molar-refractivity contribution in [1.82, 2.24) is 0 Å². The summed E-state index contributed by atoms with van der Waals surface area (Å²) >= 11 is 3.36. The number of halogens is 1. The largest absolute Gasteiger partial charge is 0.462 e. The predicted octanol–water partition coefficient (Wildman–Crippen LogP) is 4.35. The number of nitrogens with zero attached hydrogens (tertiary/aromatic N) is 1. The molecule has 0 N–H and O–H groups in total. The Balaban J connectivity index is 3.28. The predicted molar refractivity (Wildman–Crippen MR) is 76.5 cm³/mol. The van der Waals surface area contributed by atoms with Crippen LogP contribution >= 0.6 is 15.9 Å². The lowest BCUT2D eigenvalue weighted by atomic mass is 10.1. The van der Waals surface area contributed by atoms with Gasteiger partial charge in [0.25, 0.3) is 0 Å². The fourth-order valence-electron chi connectivity index (χ4n) is 1.86. The van der Waals surface area contributed by atoms with E-state index in [9.17, 15) is 4.79 Å². The van der Waals surface area contributed by atoms with Crippen molar-refractivity contribution < 1.29 is 9.53 Å². The van der Waals surface area contributed by atoms with Gasteiger partial charge in [0, 0.05) is 18.7 Å². The summed E-state index contributed by atoms with van der Waals surface area (Å²) < 4.78 is 5.16. The minimum atomic E-state index is -0.197. The summed E-state index contributed by atoms with van der Waals surface area (Å²) in [6, 6.07) is 2.17. The molecule has 0 fully saturated rings. The number of esters is 1. The third-order valence-electron chi connectivity index (χ3n) is 2.82. The molecule has 0 aromatic heterocycles. The number of unbranched alkanes of at least 4 members (excludes halogenated alkanes) is 7. The highest BCUT2D eigenvalue weighted by Crippen LogP contribution is 2.13. The standard InChI is InChI=1S/C14H24BrNO2/c1-13(17)18-14(12-15)10-8-6-4-2-3-5-7-9-11-16/h14H,2-10,12H2,1H3/t14-/m1/s1. The van der Waals surface area contributed by atoms with Gasteiger partial charge in [-0.3, -0.25) is 4.79 Å². The summed E-state index contributed by atoms with van der Waals surface area (Å²) in [7, 11) is 0. The van der Waals surface area contributed by atoms with Crippen LogP contribution in [-0.2, 0) is 9.53 Å². The van der Waals surface area contributed by atoms with Crippen molar-refractivity contribution in [1.29, 1.82) is 5.26 Å². The van der Waals surface area contributed by atoms with E-state index >= 15 is 0 Å². The molecule has 0 radical (unpaired) electrons. The van der Waals surface area contributed by atoms with Gasteiger partial charge >= 0.3 is 5.97 Å². The lowest BCUT2D eigenvalue weighted by Crippen LogP contribution is -2.17. The number of carbonyl (C=O) groups excluding carboxylic acids is 1. The summed E-state index contributed by atoms with van der Waals surface area (Å²) in [5.74, 6) is -0.197. The minimum absolute atomic E-state index is 0.0260. The van der Waals surface area contributed by atoms with E-state index in [1.807, 2.05) is 0 Å². The lowest BCUT2D eigenvalue weighted by molar-refractivity contribution is -0.145. The van der Waals surface area contributed by atoms with Crippen molar-refractivity contribution in [3.8, 4) is 6.07 Å². The van der Waals surface area contributed by atoms with E-state index in [4.69, 9.17) is 10.00 Å². The fourth-order valence-corrected chi connectivity index (χ4v) is 2.32. The zero-order valence-electron chi connectivity index (χ0n) is 11.3. The molecule has 0 saturated carbocycles. The average Bonchev–Trinajstić information content (AvgIpc) is 2.35. The van der Waals surface area contributed by atoms with Gasteiger partial charge in [-0.15, -0.1) is 0 Å². The first-order valence-electron chi connectivity index (χ1n) is 6.80. The normalized spacial score (nSPS) is 11.8. The summed E-state index contributed by atoms with van der Waals surface area (Å²) in [6.07, 6.45) is 9.89. The molecule has 1 atom stereocenters. The highest BCUT2D eigenvalue weighted by molar-refractivity contribution is 9.09. The molecule has 0 aliphatic carbocycles. The minimum Gasteiger partial charge on any atom is -0.462 e. The van der Waals surface area contributed by atoms with E-state index in [1.54, 1.807) is 0 Å². The number of rotatable bonds is 11.